The van der Waals surface area contributed by atoms with E-state index in [-0.39, 0.29) is 17.4 Å². The summed E-state index contributed by atoms with van der Waals surface area (Å²) in [6.45, 7) is 0. The fraction of sp³-hybridized carbons (Fsp3) is 0.786. The van der Waals surface area contributed by atoms with Gasteiger partial charge in [0.25, 0.3) is 0 Å². The first-order valence-electron chi connectivity index (χ1n) is 7.36. The van der Waals surface area contributed by atoms with E-state index in [1.54, 1.807) is 0 Å². The van der Waals surface area contributed by atoms with Crippen LogP contribution in [-0.4, -0.2) is 29.6 Å². The fourth-order valence-electron chi connectivity index (χ4n) is 3.35. The molecular formula is C14H20N2O3S. The Morgan fingerprint density at radius 1 is 1.05 bits per heavy atom. The third-order valence-electron chi connectivity index (χ3n) is 4.44. The Hall–Kier alpha value is -1.26. The van der Waals surface area contributed by atoms with Crippen molar-refractivity contribution in [1.29, 1.82) is 0 Å². The van der Waals surface area contributed by atoms with Crippen LogP contribution in [0.15, 0.2) is 0 Å². The highest BCUT2D eigenvalue weighted by molar-refractivity contribution is 7.73. The van der Waals surface area contributed by atoms with Gasteiger partial charge in [0, 0.05) is 0 Å². The van der Waals surface area contributed by atoms with E-state index in [0.29, 0.717) is 17.7 Å². The van der Waals surface area contributed by atoms with Gasteiger partial charge in [-0.15, -0.1) is 0 Å². The average Bonchev–Trinajstić information content (AvgIpc) is 2.49. The maximum Gasteiger partial charge on any atom is 0.338 e. The molecule has 0 spiro atoms. The van der Waals surface area contributed by atoms with Crippen molar-refractivity contribution in [3.63, 3.8) is 0 Å². The van der Waals surface area contributed by atoms with Crippen LogP contribution < -0.4 is 0 Å². The lowest BCUT2D eigenvalue weighted by atomic mass is 9.78. The second-order valence-electron chi connectivity index (χ2n) is 5.68. The number of Topliss-reactive ketones (excluding diaryl/α,β-unsaturated/α-hetero) is 1. The summed E-state index contributed by atoms with van der Waals surface area (Å²) in [5, 5.41) is 0. The summed E-state index contributed by atoms with van der Waals surface area (Å²) in [5.41, 5.74) is 9.40. The third kappa shape index (κ3) is 3.25. The third-order valence-corrected chi connectivity index (χ3v) is 5.35. The summed E-state index contributed by atoms with van der Waals surface area (Å²) in [7, 11) is -2.32. The number of hydrogen-bond acceptors (Lipinski definition) is 3. The molecule has 6 heteroatoms. The predicted molar refractivity (Wildman–Crippen MR) is 76.1 cm³/mol. The van der Waals surface area contributed by atoms with Crippen molar-refractivity contribution in [2.24, 2.45) is 11.8 Å². The summed E-state index contributed by atoms with van der Waals surface area (Å²) < 4.78 is 22.5. The lowest BCUT2D eigenvalue weighted by Crippen LogP contribution is -2.37. The molecule has 2 saturated carbocycles. The molecular weight excluding hydrogens is 276 g/mol. The van der Waals surface area contributed by atoms with Crippen molar-refractivity contribution in [1.82, 2.24) is 0 Å². The zero-order chi connectivity index (χ0) is 14.5. The van der Waals surface area contributed by atoms with Crippen LogP contribution in [0.2, 0.25) is 0 Å². The van der Waals surface area contributed by atoms with Crippen LogP contribution in [0.1, 0.15) is 57.8 Å². The van der Waals surface area contributed by atoms with Crippen molar-refractivity contribution < 1.29 is 18.0 Å². The van der Waals surface area contributed by atoms with Crippen LogP contribution in [0.25, 0.3) is 5.53 Å². The van der Waals surface area contributed by atoms with Crippen LogP contribution in [0.3, 0.4) is 0 Å². The van der Waals surface area contributed by atoms with E-state index in [4.69, 9.17) is 0 Å². The normalized spacial score (nSPS) is 24.0. The molecule has 110 valence electrons. The lowest BCUT2D eigenvalue weighted by Gasteiger charge is -2.22. The Labute approximate surface area is 120 Å². The van der Waals surface area contributed by atoms with Crippen LogP contribution in [0.5, 0.6) is 0 Å². The molecule has 0 radical (unpaired) electrons. The minimum atomic E-state index is -2.32. The van der Waals surface area contributed by atoms with Crippen molar-refractivity contribution in [2.45, 2.75) is 57.8 Å². The topological polar surface area (TPSA) is 87.6 Å². The standard InChI is InChI=1S/C14H20N2O3S/c15-16-13(10-6-2-1-3-7-10)14(17)11-8-4-5-9-12(11)20(18)19/h10-11H,1-9H2. The smallest absolute Gasteiger partial charge is 0.338 e. The minimum absolute atomic E-state index is 0.00971. The summed E-state index contributed by atoms with van der Waals surface area (Å²) in [4.78, 5) is 16.1. The van der Waals surface area contributed by atoms with Gasteiger partial charge in [0.2, 0.25) is 16.1 Å². The minimum Gasteiger partial charge on any atom is -0.361 e. The van der Waals surface area contributed by atoms with Crippen LogP contribution in [0.4, 0.5) is 0 Å². The Bertz CT molecular complexity index is 559. The van der Waals surface area contributed by atoms with Crippen LogP contribution >= 0.6 is 0 Å². The second kappa shape index (κ2) is 6.95. The summed E-state index contributed by atoms with van der Waals surface area (Å²) in [6, 6.07) is 0. The first kappa shape index (κ1) is 15.1. The van der Waals surface area contributed by atoms with Gasteiger partial charge in [-0.1, -0.05) is 25.7 Å². The van der Waals surface area contributed by atoms with E-state index in [0.717, 1.165) is 44.9 Å². The van der Waals surface area contributed by atoms with Gasteiger partial charge in [-0.25, -0.2) is 0 Å². The summed E-state index contributed by atoms with van der Waals surface area (Å²) in [5.74, 6) is -0.891. The number of ketones is 1. The van der Waals surface area contributed by atoms with Gasteiger partial charge >= 0.3 is 5.71 Å². The predicted octanol–water partition coefficient (Wildman–Crippen LogP) is 2.05. The molecule has 0 aliphatic heterocycles. The van der Waals surface area contributed by atoms with Crippen molar-refractivity contribution in [3.8, 4) is 0 Å². The molecule has 0 aromatic carbocycles. The molecule has 0 saturated heterocycles. The highest BCUT2D eigenvalue weighted by Crippen LogP contribution is 2.28. The van der Waals surface area contributed by atoms with E-state index in [1.165, 1.54) is 0 Å². The van der Waals surface area contributed by atoms with E-state index in [2.05, 4.69) is 4.79 Å². The average molecular weight is 296 g/mol. The van der Waals surface area contributed by atoms with Crippen molar-refractivity contribution in [2.75, 3.05) is 0 Å². The first-order chi connectivity index (χ1) is 9.65. The number of carbonyl (C=O) groups excluding carboxylic acids is 1. The van der Waals surface area contributed by atoms with E-state index in [1.807, 2.05) is 0 Å². The van der Waals surface area contributed by atoms with Gasteiger partial charge < -0.3 is 5.53 Å². The largest absolute Gasteiger partial charge is 0.361 e. The Balaban J connectivity index is 2.23. The van der Waals surface area contributed by atoms with Gasteiger partial charge in [0.1, 0.15) is 0 Å². The molecule has 0 aromatic heterocycles. The Morgan fingerprint density at radius 3 is 2.30 bits per heavy atom. The molecule has 2 aliphatic carbocycles. The number of carbonyl (C=O) groups is 1. The highest BCUT2D eigenvalue weighted by atomic mass is 32.2. The molecule has 0 bridgehead atoms. The zero-order valence-electron chi connectivity index (χ0n) is 11.5. The molecule has 1 unspecified atom stereocenters. The Morgan fingerprint density at radius 2 is 1.70 bits per heavy atom. The van der Waals surface area contributed by atoms with Crippen LogP contribution in [-0.2, 0) is 15.1 Å². The number of rotatable bonds is 3. The molecule has 2 rings (SSSR count). The number of hydrogen-bond donors (Lipinski definition) is 0. The highest BCUT2D eigenvalue weighted by Gasteiger charge is 2.39. The molecule has 2 aliphatic rings. The van der Waals surface area contributed by atoms with Crippen molar-refractivity contribution >= 4 is 26.7 Å². The number of nitrogens with zero attached hydrogens (tertiary/aromatic N) is 2. The SMILES string of the molecule is [N-]=[N+]=C(C(=O)C1CCCCC1=S(=O)=O)C1CCCCC1. The maximum atomic E-state index is 12.6. The Kier molecular flexibility index (Phi) is 5.26. The second-order valence-corrected chi connectivity index (χ2v) is 6.68. The van der Waals surface area contributed by atoms with Gasteiger partial charge in [0.05, 0.1) is 16.7 Å². The van der Waals surface area contributed by atoms with Gasteiger partial charge in [-0.05, 0) is 32.1 Å². The fourth-order valence-corrected chi connectivity index (χ4v) is 4.11. The molecule has 0 heterocycles. The monoisotopic (exact) mass is 296 g/mol. The van der Waals surface area contributed by atoms with E-state index >= 15 is 0 Å². The van der Waals surface area contributed by atoms with E-state index < -0.39 is 16.2 Å². The molecule has 0 amide bonds. The molecule has 5 nitrogen and oxygen atoms in total. The van der Waals surface area contributed by atoms with Gasteiger partial charge in [0.15, 0.2) is 0 Å². The first-order valence-corrected chi connectivity index (χ1v) is 8.43. The lowest BCUT2D eigenvalue weighted by molar-refractivity contribution is -0.120. The summed E-state index contributed by atoms with van der Waals surface area (Å²) >= 11 is 0. The van der Waals surface area contributed by atoms with E-state index in [9.17, 15) is 18.7 Å². The molecule has 0 N–H and O–H groups in total. The van der Waals surface area contributed by atoms with Crippen LogP contribution in [0, 0.1) is 11.8 Å². The zero-order valence-corrected chi connectivity index (χ0v) is 12.4. The molecule has 20 heavy (non-hydrogen) atoms. The van der Waals surface area contributed by atoms with Crippen molar-refractivity contribution in [3.05, 3.63) is 5.53 Å². The summed E-state index contributed by atoms with van der Waals surface area (Å²) in [6.07, 6.45) is 7.58. The van der Waals surface area contributed by atoms with Gasteiger partial charge in [-0.3, -0.25) is 4.79 Å². The molecule has 2 fully saturated rings. The maximum absolute atomic E-state index is 12.6. The van der Waals surface area contributed by atoms with Gasteiger partial charge in [-0.2, -0.15) is 13.2 Å². The molecule has 0 aromatic rings. The quantitative estimate of drug-likeness (QED) is 0.345. The molecule has 1 atom stereocenters.